The Morgan fingerprint density at radius 1 is 1.59 bits per heavy atom. The van der Waals surface area contributed by atoms with E-state index in [2.05, 4.69) is 18.7 Å². The fourth-order valence-electron chi connectivity index (χ4n) is 2.46. The molecule has 0 aliphatic carbocycles. The van der Waals surface area contributed by atoms with Crippen molar-refractivity contribution < 1.29 is 14.3 Å². The molecular formula is C13H25NO3. The molecule has 0 N–H and O–H groups in total. The van der Waals surface area contributed by atoms with Gasteiger partial charge in [0.1, 0.15) is 6.29 Å². The molecule has 0 aromatic carbocycles. The highest BCUT2D eigenvalue weighted by Crippen LogP contribution is 2.28. The van der Waals surface area contributed by atoms with Gasteiger partial charge in [-0.1, -0.05) is 6.92 Å². The number of carbonyl (C=O) groups excluding carboxylic acids is 1. The zero-order valence-electron chi connectivity index (χ0n) is 11.3. The van der Waals surface area contributed by atoms with Crippen molar-refractivity contribution in [2.75, 3.05) is 40.0 Å². The van der Waals surface area contributed by atoms with Crippen molar-refractivity contribution >= 4 is 6.29 Å². The Morgan fingerprint density at radius 3 is 2.82 bits per heavy atom. The number of ether oxygens (including phenoxy) is 2. The van der Waals surface area contributed by atoms with Crippen LogP contribution >= 0.6 is 0 Å². The van der Waals surface area contributed by atoms with E-state index in [1.807, 2.05) is 0 Å². The van der Waals surface area contributed by atoms with E-state index >= 15 is 0 Å². The second-order valence-electron chi connectivity index (χ2n) is 5.00. The molecule has 0 amide bonds. The van der Waals surface area contributed by atoms with Crippen molar-refractivity contribution in [1.29, 1.82) is 0 Å². The van der Waals surface area contributed by atoms with Crippen LogP contribution in [0.2, 0.25) is 0 Å². The number of hydrogen-bond donors (Lipinski definition) is 0. The Labute approximate surface area is 104 Å². The smallest absolute Gasteiger partial charge is 0.129 e. The SMILES string of the molecule is CCN(CC1(C=O)CCCOC1)C(C)COC. The molecule has 2 atom stereocenters. The molecule has 0 aromatic rings. The van der Waals surface area contributed by atoms with E-state index in [9.17, 15) is 4.79 Å². The molecule has 1 rings (SSSR count). The van der Waals surface area contributed by atoms with Gasteiger partial charge < -0.3 is 14.3 Å². The zero-order chi connectivity index (χ0) is 12.7. The summed E-state index contributed by atoms with van der Waals surface area (Å²) in [5.41, 5.74) is -0.309. The van der Waals surface area contributed by atoms with Crippen LogP contribution in [0.5, 0.6) is 0 Å². The third-order valence-corrected chi connectivity index (χ3v) is 3.56. The summed E-state index contributed by atoms with van der Waals surface area (Å²) in [6.45, 7) is 8.01. The van der Waals surface area contributed by atoms with Crippen LogP contribution in [0.4, 0.5) is 0 Å². The van der Waals surface area contributed by atoms with Gasteiger partial charge in [0.2, 0.25) is 0 Å². The third kappa shape index (κ3) is 4.05. The Balaban J connectivity index is 2.60. The number of aldehydes is 1. The summed E-state index contributed by atoms with van der Waals surface area (Å²) in [4.78, 5) is 13.7. The van der Waals surface area contributed by atoms with Crippen LogP contribution in [-0.4, -0.2) is 57.2 Å². The van der Waals surface area contributed by atoms with Crippen molar-refractivity contribution in [3.8, 4) is 0 Å². The number of rotatable bonds is 7. The first-order valence-electron chi connectivity index (χ1n) is 6.44. The van der Waals surface area contributed by atoms with Gasteiger partial charge in [0, 0.05) is 26.3 Å². The maximum atomic E-state index is 11.4. The van der Waals surface area contributed by atoms with Crippen LogP contribution in [0.25, 0.3) is 0 Å². The summed E-state index contributed by atoms with van der Waals surface area (Å²) in [5.74, 6) is 0. The minimum absolute atomic E-state index is 0.309. The van der Waals surface area contributed by atoms with Gasteiger partial charge in [-0.2, -0.15) is 0 Å². The van der Waals surface area contributed by atoms with Crippen molar-refractivity contribution in [2.24, 2.45) is 5.41 Å². The molecule has 2 unspecified atom stereocenters. The molecule has 1 fully saturated rings. The first-order chi connectivity index (χ1) is 8.17. The van der Waals surface area contributed by atoms with Crippen LogP contribution in [0.15, 0.2) is 0 Å². The summed E-state index contributed by atoms with van der Waals surface area (Å²) < 4.78 is 10.7. The molecule has 1 saturated heterocycles. The number of carbonyl (C=O) groups is 1. The normalized spacial score (nSPS) is 27.1. The Kier molecular flexibility index (Phi) is 6.09. The average Bonchev–Trinajstić information content (AvgIpc) is 2.37. The highest BCUT2D eigenvalue weighted by molar-refractivity contribution is 5.60. The first-order valence-corrected chi connectivity index (χ1v) is 6.44. The van der Waals surface area contributed by atoms with Crippen molar-refractivity contribution in [3.63, 3.8) is 0 Å². The first kappa shape index (κ1) is 14.6. The molecule has 0 radical (unpaired) electrons. The van der Waals surface area contributed by atoms with Gasteiger partial charge in [0.25, 0.3) is 0 Å². The third-order valence-electron chi connectivity index (χ3n) is 3.56. The molecule has 0 bridgehead atoms. The molecule has 100 valence electrons. The van der Waals surface area contributed by atoms with Crippen LogP contribution in [-0.2, 0) is 14.3 Å². The van der Waals surface area contributed by atoms with Gasteiger partial charge >= 0.3 is 0 Å². The van der Waals surface area contributed by atoms with Gasteiger partial charge in [-0.05, 0) is 26.3 Å². The second-order valence-corrected chi connectivity index (χ2v) is 5.00. The van der Waals surface area contributed by atoms with Gasteiger partial charge in [0.15, 0.2) is 0 Å². The van der Waals surface area contributed by atoms with E-state index in [0.717, 1.165) is 38.8 Å². The number of hydrogen-bond acceptors (Lipinski definition) is 4. The lowest BCUT2D eigenvalue weighted by molar-refractivity contribution is -0.126. The van der Waals surface area contributed by atoms with Crippen molar-refractivity contribution in [1.82, 2.24) is 4.90 Å². The molecule has 0 saturated carbocycles. The predicted octanol–water partition coefficient (Wildman–Crippen LogP) is 1.34. The number of nitrogens with zero attached hydrogens (tertiary/aromatic N) is 1. The Morgan fingerprint density at radius 2 is 2.35 bits per heavy atom. The maximum absolute atomic E-state index is 11.4. The standard InChI is InChI=1S/C13H25NO3/c1-4-14(12(2)8-16-3)9-13(10-15)6-5-7-17-11-13/h10,12H,4-9,11H2,1-3H3. The van der Waals surface area contributed by atoms with E-state index in [1.54, 1.807) is 7.11 Å². The minimum atomic E-state index is -0.309. The monoisotopic (exact) mass is 243 g/mol. The van der Waals surface area contributed by atoms with Crippen LogP contribution in [0.3, 0.4) is 0 Å². The van der Waals surface area contributed by atoms with E-state index in [-0.39, 0.29) is 5.41 Å². The molecule has 0 aromatic heterocycles. The van der Waals surface area contributed by atoms with Crippen molar-refractivity contribution in [3.05, 3.63) is 0 Å². The summed E-state index contributed by atoms with van der Waals surface area (Å²) in [7, 11) is 1.71. The van der Waals surface area contributed by atoms with Gasteiger partial charge in [-0.25, -0.2) is 0 Å². The van der Waals surface area contributed by atoms with E-state index < -0.39 is 0 Å². The Hall–Kier alpha value is -0.450. The lowest BCUT2D eigenvalue weighted by Crippen LogP contribution is -2.48. The topological polar surface area (TPSA) is 38.8 Å². The van der Waals surface area contributed by atoms with Crippen LogP contribution in [0.1, 0.15) is 26.7 Å². The van der Waals surface area contributed by atoms with E-state index in [0.29, 0.717) is 19.3 Å². The average molecular weight is 243 g/mol. The van der Waals surface area contributed by atoms with E-state index in [4.69, 9.17) is 9.47 Å². The van der Waals surface area contributed by atoms with Crippen molar-refractivity contribution in [2.45, 2.75) is 32.7 Å². The maximum Gasteiger partial charge on any atom is 0.129 e. The molecule has 4 heteroatoms. The summed E-state index contributed by atoms with van der Waals surface area (Å²) in [6, 6.07) is 0.337. The largest absolute Gasteiger partial charge is 0.383 e. The zero-order valence-corrected chi connectivity index (χ0v) is 11.3. The van der Waals surface area contributed by atoms with Gasteiger partial charge in [-0.15, -0.1) is 0 Å². The predicted molar refractivity (Wildman–Crippen MR) is 67.1 cm³/mol. The minimum Gasteiger partial charge on any atom is -0.383 e. The van der Waals surface area contributed by atoms with Gasteiger partial charge in [0.05, 0.1) is 18.6 Å². The molecule has 1 heterocycles. The quantitative estimate of drug-likeness (QED) is 0.633. The number of likely N-dealkylation sites (N-methyl/N-ethyl adjacent to an activating group) is 1. The lowest BCUT2D eigenvalue weighted by atomic mass is 9.83. The highest BCUT2D eigenvalue weighted by atomic mass is 16.5. The summed E-state index contributed by atoms with van der Waals surface area (Å²) in [6.07, 6.45) is 3.01. The molecule has 0 spiro atoms. The highest BCUT2D eigenvalue weighted by Gasteiger charge is 2.35. The van der Waals surface area contributed by atoms with Crippen LogP contribution < -0.4 is 0 Å². The summed E-state index contributed by atoms with van der Waals surface area (Å²) in [5, 5.41) is 0. The number of methoxy groups -OCH3 is 1. The van der Waals surface area contributed by atoms with E-state index in [1.165, 1.54) is 0 Å². The summed E-state index contributed by atoms with van der Waals surface area (Å²) >= 11 is 0. The molecule has 1 aliphatic heterocycles. The molecular weight excluding hydrogens is 218 g/mol. The lowest BCUT2D eigenvalue weighted by Gasteiger charge is -2.38. The molecule has 4 nitrogen and oxygen atoms in total. The fourth-order valence-corrected chi connectivity index (χ4v) is 2.46. The fraction of sp³-hybridized carbons (Fsp3) is 0.923. The molecule has 1 aliphatic rings. The molecule has 17 heavy (non-hydrogen) atoms. The Bertz CT molecular complexity index is 227. The van der Waals surface area contributed by atoms with Crippen LogP contribution in [0, 0.1) is 5.41 Å². The van der Waals surface area contributed by atoms with Gasteiger partial charge in [-0.3, -0.25) is 4.90 Å². The second kappa shape index (κ2) is 7.09.